The molecule has 2 atom stereocenters. The van der Waals surface area contributed by atoms with Gasteiger partial charge in [0.05, 0.1) is 25.5 Å². The Kier molecular flexibility index (Phi) is 5.22. The van der Waals surface area contributed by atoms with Gasteiger partial charge in [0.15, 0.2) is 5.96 Å². The first-order valence-electron chi connectivity index (χ1n) is 9.20. The molecule has 2 saturated heterocycles. The number of hydrogen-bond donors (Lipinski definition) is 1. The number of nitrogens with zero attached hydrogens (tertiary/aromatic N) is 5. The van der Waals surface area contributed by atoms with Crippen LogP contribution in [0, 0.1) is 5.92 Å². The molecule has 8 nitrogen and oxygen atoms in total. The molecule has 2 N–H and O–H groups in total. The second kappa shape index (κ2) is 7.26. The van der Waals surface area contributed by atoms with Crippen LogP contribution >= 0.6 is 0 Å². The maximum absolute atomic E-state index is 12.8. The van der Waals surface area contributed by atoms with Crippen LogP contribution < -0.4 is 5.73 Å². The highest BCUT2D eigenvalue weighted by Gasteiger charge is 2.45. The molecular weight excluding hydrogens is 332 g/mol. The van der Waals surface area contributed by atoms with Crippen LogP contribution in [0.2, 0.25) is 0 Å². The van der Waals surface area contributed by atoms with E-state index >= 15 is 0 Å². The third-order valence-corrected chi connectivity index (χ3v) is 5.04. The molecule has 0 bridgehead atoms. The Morgan fingerprint density at radius 1 is 1.38 bits per heavy atom. The van der Waals surface area contributed by atoms with Gasteiger partial charge < -0.3 is 20.3 Å². The van der Waals surface area contributed by atoms with Crippen molar-refractivity contribution in [2.24, 2.45) is 23.7 Å². The molecule has 1 aromatic heterocycles. The van der Waals surface area contributed by atoms with Crippen LogP contribution in [-0.2, 0) is 16.6 Å². The third-order valence-electron chi connectivity index (χ3n) is 5.04. The molecule has 3 rings (SSSR count). The van der Waals surface area contributed by atoms with Gasteiger partial charge >= 0.3 is 0 Å². The van der Waals surface area contributed by atoms with Crippen LogP contribution in [0.1, 0.15) is 38.8 Å². The number of rotatable bonds is 3. The second-order valence-corrected chi connectivity index (χ2v) is 8.09. The van der Waals surface area contributed by atoms with Gasteiger partial charge in [-0.05, 0) is 20.8 Å². The summed E-state index contributed by atoms with van der Waals surface area (Å²) in [6, 6.07) is -0.0301. The van der Waals surface area contributed by atoms with Crippen molar-refractivity contribution >= 4 is 11.9 Å². The topological polar surface area (TPSA) is 89.0 Å². The standard InChI is InChI=1S/C18H30N6O2/c1-18(2,3)24-15(25)9-13(16(24)14-11-21-22(4)12-14)10-20-17(19)23-5-7-26-8-6-23/h11-13,16H,5-10H2,1-4H3,(H2,19,20)/t13-,16+/m0/s1. The van der Waals surface area contributed by atoms with E-state index in [-0.39, 0.29) is 23.4 Å². The molecule has 3 heterocycles. The van der Waals surface area contributed by atoms with Crippen molar-refractivity contribution in [1.82, 2.24) is 19.6 Å². The molecule has 1 amide bonds. The highest BCUT2D eigenvalue weighted by molar-refractivity contribution is 5.81. The number of guanidine groups is 1. The highest BCUT2D eigenvalue weighted by atomic mass is 16.5. The Balaban J connectivity index is 1.81. The average Bonchev–Trinajstić information content (AvgIpc) is 3.15. The van der Waals surface area contributed by atoms with Gasteiger partial charge in [-0.25, -0.2) is 0 Å². The van der Waals surface area contributed by atoms with Crippen molar-refractivity contribution in [2.75, 3.05) is 32.8 Å². The zero-order chi connectivity index (χ0) is 18.9. The number of aromatic nitrogens is 2. The van der Waals surface area contributed by atoms with Crippen LogP contribution in [0.5, 0.6) is 0 Å². The zero-order valence-electron chi connectivity index (χ0n) is 16.2. The summed E-state index contributed by atoms with van der Waals surface area (Å²) in [6.07, 6.45) is 4.32. The van der Waals surface area contributed by atoms with Crippen LogP contribution in [-0.4, -0.2) is 69.8 Å². The van der Waals surface area contributed by atoms with Crippen molar-refractivity contribution in [3.05, 3.63) is 18.0 Å². The SMILES string of the molecule is Cn1cc([C@H]2[C@H](CN=C(N)N3CCOCC3)CC(=O)N2C(C)(C)C)cn1. The summed E-state index contributed by atoms with van der Waals surface area (Å²) >= 11 is 0. The first-order valence-corrected chi connectivity index (χ1v) is 9.20. The molecule has 0 saturated carbocycles. The molecule has 0 aromatic carbocycles. The Morgan fingerprint density at radius 3 is 2.65 bits per heavy atom. The lowest BCUT2D eigenvalue weighted by Gasteiger charge is -2.38. The summed E-state index contributed by atoms with van der Waals surface area (Å²) in [5.41, 5.74) is 6.97. The van der Waals surface area contributed by atoms with Crippen LogP contribution in [0.25, 0.3) is 0 Å². The normalized spacial score (nSPS) is 25.2. The van der Waals surface area contributed by atoms with E-state index in [1.54, 1.807) is 4.68 Å². The number of aliphatic imine (C=N–C) groups is 1. The predicted molar refractivity (Wildman–Crippen MR) is 99.5 cm³/mol. The van der Waals surface area contributed by atoms with E-state index in [0.717, 1.165) is 18.7 Å². The Bertz CT molecular complexity index is 671. The molecular formula is C18H30N6O2. The first kappa shape index (κ1) is 18.7. The van der Waals surface area contributed by atoms with Crippen LogP contribution in [0.3, 0.4) is 0 Å². The van der Waals surface area contributed by atoms with Gasteiger partial charge in [0.1, 0.15) is 0 Å². The smallest absolute Gasteiger partial charge is 0.223 e. The minimum atomic E-state index is -0.258. The van der Waals surface area contributed by atoms with Gasteiger partial charge in [-0.15, -0.1) is 0 Å². The molecule has 2 aliphatic heterocycles. The number of amides is 1. The fourth-order valence-electron chi connectivity index (χ4n) is 3.87. The van der Waals surface area contributed by atoms with E-state index in [1.165, 1.54) is 0 Å². The van der Waals surface area contributed by atoms with Gasteiger partial charge in [0.2, 0.25) is 5.91 Å². The van der Waals surface area contributed by atoms with E-state index < -0.39 is 0 Å². The zero-order valence-corrected chi connectivity index (χ0v) is 16.2. The summed E-state index contributed by atoms with van der Waals surface area (Å²) in [5.74, 6) is 0.793. The molecule has 26 heavy (non-hydrogen) atoms. The van der Waals surface area contributed by atoms with Gasteiger partial charge in [0.25, 0.3) is 0 Å². The summed E-state index contributed by atoms with van der Waals surface area (Å²) in [5, 5.41) is 4.30. The number of hydrogen-bond acceptors (Lipinski definition) is 4. The number of nitrogens with two attached hydrogens (primary N) is 1. The average molecular weight is 362 g/mol. The summed E-state index contributed by atoms with van der Waals surface area (Å²) in [6.45, 7) is 9.62. The van der Waals surface area contributed by atoms with Gasteiger partial charge in [0, 0.05) is 56.3 Å². The summed E-state index contributed by atoms with van der Waals surface area (Å²) < 4.78 is 7.14. The summed E-state index contributed by atoms with van der Waals surface area (Å²) in [4.78, 5) is 21.4. The van der Waals surface area contributed by atoms with Crippen molar-refractivity contribution < 1.29 is 9.53 Å². The van der Waals surface area contributed by atoms with Crippen molar-refractivity contribution in [2.45, 2.75) is 38.8 Å². The first-order chi connectivity index (χ1) is 12.3. The number of aryl methyl sites for hydroxylation is 1. The Morgan fingerprint density at radius 2 is 2.08 bits per heavy atom. The molecule has 0 spiro atoms. The van der Waals surface area contributed by atoms with Crippen molar-refractivity contribution in [3.8, 4) is 0 Å². The second-order valence-electron chi connectivity index (χ2n) is 8.09. The number of morpholine rings is 1. The molecule has 0 unspecified atom stereocenters. The lowest BCUT2D eigenvalue weighted by molar-refractivity contribution is -0.133. The van der Waals surface area contributed by atoms with E-state index in [0.29, 0.717) is 32.1 Å². The third kappa shape index (κ3) is 3.85. The number of ether oxygens (including phenoxy) is 1. The fraction of sp³-hybridized carbons (Fsp3) is 0.722. The fourth-order valence-corrected chi connectivity index (χ4v) is 3.87. The quantitative estimate of drug-likeness (QED) is 0.633. The van der Waals surface area contributed by atoms with Crippen molar-refractivity contribution in [3.63, 3.8) is 0 Å². The van der Waals surface area contributed by atoms with Gasteiger partial charge in [-0.3, -0.25) is 14.5 Å². The molecule has 8 heteroatoms. The molecule has 1 aromatic rings. The van der Waals surface area contributed by atoms with Crippen molar-refractivity contribution in [1.29, 1.82) is 0 Å². The monoisotopic (exact) mass is 362 g/mol. The molecule has 144 valence electrons. The van der Waals surface area contributed by atoms with E-state index in [9.17, 15) is 4.79 Å². The Labute approximate surface area is 155 Å². The minimum absolute atomic E-state index is 0.0301. The van der Waals surface area contributed by atoms with E-state index in [4.69, 9.17) is 10.5 Å². The Hall–Kier alpha value is -2.09. The van der Waals surface area contributed by atoms with Gasteiger partial charge in [-0.1, -0.05) is 0 Å². The van der Waals surface area contributed by atoms with Crippen LogP contribution in [0.15, 0.2) is 17.4 Å². The molecule has 2 aliphatic rings. The van der Waals surface area contributed by atoms with E-state index in [1.807, 2.05) is 29.2 Å². The maximum Gasteiger partial charge on any atom is 0.223 e. The highest BCUT2D eigenvalue weighted by Crippen LogP contribution is 2.42. The summed E-state index contributed by atoms with van der Waals surface area (Å²) in [7, 11) is 1.89. The molecule has 0 radical (unpaired) electrons. The number of carbonyl (C=O) groups is 1. The number of carbonyl (C=O) groups excluding carboxylic acids is 1. The maximum atomic E-state index is 12.8. The lowest BCUT2D eigenvalue weighted by atomic mass is 9.93. The predicted octanol–water partition coefficient (Wildman–Crippen LogP) is 0.755. The van der Waals surface area contributed by atoms with E-state index in [2.05, 4.69) is 30.9 Å². The largest absolute Gasteiger partial charge is 0.378 e. The molecule has 0 aliphatic carbocycles. The molecule has 2 fully saturated rings. The van der Waals surface area contributed by atoms with Gasteiger partial charge in [-0.2, -0.15) is 5.10 Å². The number of likely N-dealkylation sites (tertiary alicyclic amines) is 1. The van der Waals surface area contributed by atoms with Crippen LogP contribution in [0.4, 0.5) is 0 Å². The lowest BCUT2D eigenvalue weighted by Crippen LogP contribution is -2.45. The minimum Gasteiger partial charge on any atom is -0.378 e.